The van der Waals surface area contributed by atoms with Gasteiger partial charge in [0.15, 0.2) is 5.96 Å². The highest BCUT2D eigenvalue weighted by molar-refractivity contribution is 14.0. The van der Waals surface area contributed by atoms with Crippen molar-refractivity contribution in [3.63, 3.8) is 0 Å². The zero-order chi connectivity index (χ0) is 16.6. The summed E-state index contributed by atoms with van der Waals surface area (Å²) in [4.78, 5) is 4.43. The molecule has 3 aliphatic rings. The van der Waals surface area contributed by atoms with E-state index in [4.69, 9.17) is 9.47 Å². The molecule has 1 aromatic carbocycles. The van der Waals surface area contributed by atoms with Gasteiger partial charge in [0, 0.05) is 43.1 Å². The molecule has 0 bridgehead atoms. The van der Waals surface area contributed by atoms with E-state index in [2.05, 4.69) is 21.7 Å². The summed E-state index contributed by atoms with van der Waals surface area (Å²) in [5.74, 6) is 2.43. The van der Waals surface area contributed by atoms with E-state index in [1.807, 2.05) is 25.2 Å². The number of para-hydroxylation sites is 1. The minimum Gasteiger partial charge on any atom is -0.496 e. The Labute approximate surface area is 167 Å². The van der Waals surface area contributed by atoms with Crippen LogP contribution in [0, 0.1) is 11.3 Å². The topological polar surface area (TPSA) is 54.9 Å². The third-order valence-electron chi connectivity index (χ3n) is 6.19. The Morgan fingerprint density at radius 2 is 2.16 bits per heavy atom. The molecule has 2 N–H and O–H groups in total. The maximum absolute atomic E-state index is 6.00. The van der Waals surface area contributed by atoms with Crippen molar-refractivity contribution in [1.29, 1.82) is 0 Å². The van der Waals surface area contributed by atoms with Gasteiger partial charge in [-0.05, 0) is 25.3 Å². The molecule has 4 rings (SSSR count). The molecule has 2 aliphatic carbocycles. The molecule has 1 saturated heterocycles. The van der Waals surface area contributed by atoms with Crippen LogP contribution in [0.5, 0.6) is 5.75 Å². The van der Waals surface area contributed by atoms with Crippen LogP contribution >= 0.6 is 24.0 Å². The first-order valence-electron chi connectivity index (χ1n) is 8.99. The van der Waals surface area contributed by atoms with Crippen LogP contribution in [0.15, 0.2) is 29.3 Å². The standard InChI is InChI=1S/C19H27N3O2.HI/c1-20-18(21-12-13-6-3-4-7-15(13)23-2)22-16-14-8-11-24-17(14)19(16)9-5-10-19;/h3-4,6-7,14,16-17H,5,8-12H2,1-2H3,(H2,20,21,22);1H. The summed E-state index contributed by atoms with van der Waals surface area (Å²) in [5.41, 5.74) is 1.50. The van der Waals surface area contributed by atoms with Crippen molar-refractivity contribution < 1.29 is 9.47 Å². The number of ether oxygens (including phenoxy) is 2. The Bertz CT molecular complexity index is 633. The number of nitrogens with zero attached hydrogens (tertiary/aromatic N) is 1. The van der Waals surface area contributed by atoms with Gasteiger partial charge < -0.3 is 20.1 Å². The molecular weight excluding hydrogens is 429 g/mol. The molecule has 1 heterocycles. The third kappa shape index (κ3) is 3.12. The van der Waals surface area contributed by atoms with Gasteiger partial charge >= 0.3 is 0 Å². The number of hydrogen-bond donors (Lipinski definition) is 2. The van der Waals surface area contributed by atoms with Gasteiger partial charge in [-0.15, -0.1) is 24.0 Å². The van der Waals surface area contributed by atoms with Crippen molar-refractivity contribution in [1.82, 2.24) is 10.6 Å². The molecule has 1 spiro atoms. The number of benzene rings is 1. The lowest BCUT2D eigenvalue weighted by Gasteiger charge is -2.63. The van der Waals surface area contributed by atoms with E-state index in [-0.39, 0.29) is 24.0 Å². The minimum atomic E-state index is 0. The lowest BCUT2D eigenvalue weighted by Crippen LogP contribution is -2.72. The summed E-state index contributed by atoms with van der Waals surface area (Å²) in [5, 5.41) is 7.14. The molecule has 1 aliphatic heterocycles. The van der Waals surface area contributed by atoms with E-state index in [0.29, 0.717) is 30.0 Å². The van der Waals surface area contributed by atoms with Crippen molar-refractivity contribution in [2.75, 3.05) is 20.8 Å². The zero-order valence-electron chi connectivity index (χ0n) is 15.0. The molecule has 2 saturated carbocycles. The fourth-order valence-electron chi connectivity index (χ4n) is 4.83. The Balaban J connectivity index is 0.00000182. The number of guanidine groups is 1. The van der Waals surface area contributed by atoms with Gasteiger partial charge in [-0.2, -0.15) is 0 Å². The molecular formula is C19H28IN3O2. The van der Waals surface area contributed by atoms with Crippen LogP contribution in [0.25, 0.3) is 0 Å². The summed E-state index contributed by atoms with van der Waals surface area (Å²) < 4.78 is 11.4. The van der Waals surface area contributed by atoms with Crippen LogP contribution in [-0.4, -0.2) is 38.9 Å². The fraction of sp³-hybridized carbons (Fsp3) is 0.632. The van der Waals surface area contributed by atoms with Gasteiger partial charge in [-0.3, -0.25) is 4.99 Å². The second-order valence-corrected chi connectivity index (χ2v) is 7.19. The third-order valence-corrected chi connectivity index (χ3v) is 6.19. The van der Waals surface area contributed by atoms with Crippen LogP contribution in [0.4, 0.5) is 0 Å². The minimum absolute atomic E-state index is 0. The van der Waals surface area contributed by atoms with E-state index in [9.17, 15) is 0 Å². The summed E-state index contributed by atoms with van der Waals surface area (Å²) in [6, 6.07) is 8.60. The van der Waals surface area contributed by atoms with Crippen LogP contribution in [0.3, 0.4) is 0 Å². The van der Waals surface area contributed by atoms with E-state index in [1.54, 1.807) is 7.11 Å². The first-order valence-corrected chi connectivity index (χ1v) is 8.99. The molecule has 3 fully saturated rings. The lowest BCUT2D eigenvalue weighted by atomic mass is 9.46. The highest BCUT2D eigenvalue weighted by atomic mass is 127. The van der Waals surface area contributed by atoms with Crippen molar-refractivity contribution in [2.24, 2.45) is 16.3 Å². The molecule has 0 aromatic heterocycles. The highest BCUT2D eigenvalue weighted by Gasteiger charge is 2.66. The van der Waals surface area contributed by atoms with Crippen molar-refractivity contribution >= 4 is 29.9 Å². The molecule has 25 heavy (non-hydrogen) atoms. The van der Waals surface area contributed by atoms with Gasteiger partial charge in [0.1, 0.15) is 5.75 Å². The zero-order valence-corrected chi connectivity index (χ0v) is 17.3. The van der Waals surface area contributed by atoms with Gasteiger partial charge in [0.2, 0.25) is 0 Å². The molecule has 1 aromatic rings. The molecule has 3 unspecified atom stereocenters. The van der Waals surface area contributed by atoms with E-state index in [1.165, 1.54) is 25.7 Å². The number of aliphatic imine (C=N–C) groups is 1. The number of halogens is 1. The molecule has 3 atom stereocenters. The summed E-state index contributed by atoms with van der Waals surface area (Å²) in [6.07, 6.45) is 5.56. The van der Waals surface area contributed by atoms with Crippen molar-refractivity contribution in [2.45, 2.75) is 44.4 Å². The second-order valence-electron chi connectivity index (χ2n) is 7.19. The largest absolute Gasteiger partial charge is 0.496 e. The van der Waals surface area contributed by atoms with Crippen LogP contribution < -0.4 is 15.4 Å². The maximum atomic E-state index is 6.00. The van der Waals surface area contributed by atoms with E-state index >= 15 is 0 Å². The van der Waals surface area contributed by atoms with E-state index in [0.717, 1.165) is 23.9 Å². The number of rotatable bonds is 4. The summed E-state index contributed by atoms with van der Waals surface area (Å²) >= 11 is 0. The fourth-order valence-corrected chi connectivity index (χ4v) is 4.83. The first-order chi connectivity index (χ1) is 11.8. The molecule has 5 nitrogen and oxygen atoms in total. The van der Waals surface area contributed by atoms with Gasteiger partial charge in [-0.25, -0.2) is 0 Å². The van der Waals surface area contributed by atoms with E-state index < -0.39 is 0 Å². The highest BCUT2D eigenvalue weighted by Crippen LogP contribution is 2.62. The Hall–Kier alpha value is -1.02. The average Bonchev–Trinajstić information content (AvgIpc) is 2.99. The van der Waals surface area contributed by atoms with Crippen LogP contribution in [0.2, 0.25) is 0 Å². The Kier molecular flexibility index (Phi) is 5.78. The molecule has 0 radical (unpaired) electrons. The molecule has 138 valence electrons. The maximum Gasteiger partial charge on any atom is 0.191 e. The average molecular weight is 457 g/mol. The van der Waals surface area contributed by atoms with Crippen LogP contribution in [-0.2, 0) is 11.3 Å². The number of nitrogens with one attached hydrogen (secondary N) is 2. The predicted molar refractivity (Wildman–Crippen MR) is 110 cm³/mol. The quantitative estimate of drug-likeness (QED) is 0.415. The Morgan fingerprint density at radius 1 is 1.36 bits per heavy atom. The van der Waals surface area contributed by atoms with Gasteiger partial charge in [0.25, 0.3) is 0 Å². The molecule has 0 amide bonds. The number of fused-ring (bicyclic) bond motifs is 2. The second kappa shape index (κ2) is 7.70. The van der Waals surface area contributed by atoms with Crippen molar-refractivity contribution in [3.05, 3.63) is 29.8 Å². The van der Waals surface area contributed by atoms with Gasteiger partial charge in [-0.1, -0.05) is 24.6 Å². The predicted octanol–water partition coefficient (Wildman–Crippen LogP) is 2.94. The van der Waals surface area contributed by atoms with Crippen molar-refractivity contribution in [3.8, 4) is 5.75 Å². The normalized spacial score (nSPS) is 29.0. The van der Waals surface area contributed by atoms with Crippen LogP contribution in [0.1, 0.15) is 31.2 Å². The lowest BCUT2D eigenvalue weighted by molar-refractivity contribution is -0.171. The monoisotopic (exact) mass is 457 g/mol. The van der Waals surface area contributed by atoms with Gasteiger partial charge in [0.05, 0.1) is 13.2 Å². The number of methoxy groups -OCH3 is 1. The first kappa shape index (κ1) is 18.8. The smallest absolute Gasteiger partial charge is 0.191 e. The summed E-state index contributed by atoms with van der Waals surface area (Å²) in [7, 11) is 3.55. The molecule has 6 heteroatoms. The SMILES string of the molecule is CN=C(NCc1ccccc1OC)NC1C2CCOC2C12CCC2.I. The Morgan fingerprint density at radius 3 is 2.84 bits per heavy atom. The summed E-state index contributed by atoms with van der Waals surface area (Å²) in [6.45, 7) is 1.62. The number of hydrogen-bond acceptors (Lipinski definition) is 3.